The topological polar surface area (TPSA) is 6.48 Å². The van der Waals surface area contributed by atoms with Crippen LogP contribution in [-0.2, 0) is 5.41 Å². The van der Waals surface area contributed by atoms with E-state index in [1.165, 1.54) is 68.2 Å². The van der Waals surface area contributed by atoms with E-state index in [9.17, 15) is 0 Å². The largest absolute Gasteiger partial charge is 0.338 e. The first-order valence-electron chi connectivity index (χ1n) is 15.6. The molecule has 0 radical (unpaired) electrons. The van der Waals surface area contributed by atoms with Crippen LogP contribution in [0.5, 0.6) is 0 Å². The molecule has 0 N–H and O–H groups in total. The number of para-hydroxylation sites is 1. The third kappa shape index (κ3) is 4.95. The van der Waals surface area contributed by atoms with E-state index in [0.717, 1.165) is 12.8 Å². The summed E-state index contributed by atoms with van der Waals surface area (Å²) in [6, 6.07) is 43.2. The fraction of sp³-hybridized carbons (Fsp3) is 0.220. The third-order valence-corrected chi connectivity index (χ3v) is 9.34. The number of rotatable bonds is 6. The van der Waals surface area contributed by atoms with Gasteiger partial charge in [0.15, 0.2) is 0 Å². The van der Waals surface area contributed by atoms with Crippen molar-refractivity contribution in [3.63, 3.8) is 0 Å². The Morgan fingerprint density at radius 3 is 1.77 bits per heavy atom. The van der Waals surface area contributed by atoms with Gasteiger partial charge in [-0.15, -0.1) is 0 Å². The maximum absolute atomic E-state index is 2.59. The summed E-state index contributed by atoms with van der Waals surface area (Å²) in [5.41, 5.74) is 14.0. The van der Waals surface area contributed by atoms with Crippen LogP contribution >= 0.6 is 0 Å². The first-order valence-corrected chi connectivity index (χ1v) is 15.6. The van der Waals surface area contributed by atoms with Gasteiger partial charge in [0.2, 0.25) is 0 Å². The lowest BCUT2D eigenvalue weighted by Crippen LogP contribution is -2.32. The van der Waals surface area contributed by atoms with Crippen molar-refractivity contribution in [1.82, 2.24) is 0 Å². The summed E-state index contributed by atoms with van der Waals surface area (Å²) in [6.07, 6.45) is 8.07. The zero-order valence-electron chi connectivity index (χ0n) is 25.7. The highest BCUT2D eigenvalue weighted by molar-refractivity contribution is 5.87. The Morgan fingerprint density at radius 2 is 1.12 bits per heavy atom. The molecule has 0 aromatic heterocycles. The predicted octanol–water partition coefficient (Wildman–Crippen LogP) is 11.3. The molecular weight excluding hydrogens is 520 g/mol. The van der Waals surface area contributed by atoms with Crippen molar-refractivity contribution in [2.45, 2.75) is 58.4 Å². The van der Waals surface area contributed by atoms with E-state index in [0.29, 0.717) is 6.04 Å². The van der Waals surface area contributed by atoms with Crippen LogP contribution in [0.25, 0.3) is 11.1 Å². The van der Waals surface area contributed by atoms with Gasteiger partial charge in [-0.3, -0.25) is 0 Å². The van der Waals surface area contributed by atoms with Crippen LogP contribution in [0.3, 0.4) is 0 Å². The molecule has 2 aliphatic rings. The Labute approximate surface area is 256 Å². The zero-order valence-corrected chi connectivity index (χ0v) is 25.7. The SMILES string of the molecule is Cc1cccc(N(c2ccccc2)c2ccc3c(c2)C(C)(C)c2cc(N(c4cccc(C)c4)C4CC=CCC4)ccc2-3)c1. The van der Waals surface area contributed by atoms with Gasteiger partial charge in [0.25, 0.3) is 0 Å². The lowest BCUT2D eigenvalue weighted by atomic mass is 9.82. The number of hydrogen-bond donors (Lipinski definition) is 0. The summed E-state index contributed by atoms with van der Waals surface area (Å²) in [5, 5.41) is 0. The highest BCUT2D eigenvalue weighted by atomic mass is 15.2. The highest BCUT2D eigenvalue weighted by Crippen LogP contribution is 2.52. The third-order valence-electron chi connectivity index (χ3n) is 9.34. The van der Waals surface area contributed by atoms with Gasteiger partial charge in [0, 0.05) is 39.9 Å². The molecule has 1 atom stereocenters. The number of allylic oxidation sites excluding steroid dienone is 1. The molecule has 0 bridgehead atoms. The van der Waals surface area contributed by atoms with E-state index < -0.39 is 0 Å². The summed E-state index contributed by atoms with van der Waals surface area (Å²) in [7, 11) is 0. The Morgan fingerprint density at radius 1 is 0.558 bits per heavy atom. The van der Waals surface area contributed by atoms with Crippen molar-refractivity contribution in [3.8, 4) is 11.1 Å². The van der Waals surface area contributed by atoms with Crippen LogP contribution in [0.4, 0.5) is 28.4 Å². The van der Waals surface area contributed by atoms with Gasteiger partial charge >= 0.3 is 0 Å². The molecule has 0 amide bonds. The van der Waals surface area contributed by atoms with E-state index in [2.05, 4.69) is 165 Å². The molecule has 2 heteroatoms. The highest BCUT2D eigenvalue weighted by Gasteiger charge is 2.37. The maximum Gasteiger partial charge on any atom is 0.0465 e. The lowest BCUT2D eigenvalue weighted by Gasteiger charge is -2.36. The fourth-order valence-corrected chi connectivity index (χ4v) is 7.15. The van der Waals surface area contributed by atoms with Crippen molar-refractivity contribution in [2.24, 2.45) is 0 Å². The van der Waals surface area contributed by atoms with Gasteiger partial charge < -0.3 is 9.80 Å². The standard InChI is InChI=1S/C41H40N2/c1-29-13-11-19-33(25-29)42(31-15-7-5-8-16-31)35-21-23-37-38-24-22-36(28-40(38)41(3,4)39(37)27-35)43(32-17-9-6-10-18-32)34-20-12-14-30(2)26-34/h5-9,11-16,19-28,32H,10,17-18H2,1-4H3. The number of benzene rings is 5. The second-order valence-corrected chi connectivity index (χ2v) is 12.7. The molecule has 2 aliphatic carbocycles. The van der Waals surface area contributed by atoms with Gasteiger partial charge in [-0.2, -0.15) is 0 Å². The molecule has 0 fully saturated rings. The molecule has 7 rings (SSSR count). The monoisotopic (exact) mass is 560 g/mol. The van der Waals surface area contributed by atoms with Crippen molar-refractivity contribution in [2.75, 3.05) is 9.80 Å². The maximum atomic E-state index is 2.59. The number of anilines is 5. The van der Waals surface area contributed by atoms with Crippen LogP contribution < -0.4 is 9.80 Å². The number of hydrogen-bond acceptors (Lipinski definition) is 2. The second-order valence-electron chi connectivity index (χ2n) is 12.7. The molecular formula is C41H40N2. The van der Waals surface area contributed by atoms with Gasteiger partial charge in [0.1, 0.15) is 0 Å². The molecule has 43 heavy (non-hydrogen) atoms. The summed E-state index contributed by atoms with van der Waals surface area (Å²) in [4.78, 5) is 4.98. The van der Waals surface area contributed by atoms with Gasteiger partial charge in [-0.1, -0.05) is 80.6 Å². The number of nitrogens with zero attached hydrogens (tertiary/aromatic N) is 2. The zero-order chi connectivity index (χ0) is 29.6. The van der Waals surface area contributed by atoms with Crippen LogP contribution in [0.1, 0.15) is 55.4 Å². The van der Waals surface area contributed by atoms with Crippen molar-refractivity contribution in [1.29, 1.82) is 0 Å². The van der Waals surface area contributed by atoms with E-state index in [1.807, 2.05) is 0 Å². The number of fused-ring (bicyclic) bond motifs is 3. The first kappa shape index (κ1) is 27.3. The van der Waals surface area contributed by atoms with Crippen molar-refractivity contribution in [3.05, 3.63) is 150 Å². The molecule has 0 saturated heterocycles. The normalized spacial score (nSPS) is 16.4. The minimum atomic E-state index is -0.129. The van der Waals surface area contributed by atoms with Crippen molar-refractivity contribution < 1.29 is 0 Å². The molecule has 1 unspecified atom stereocenters. The van der Waals surface area contributed by atoms with E-state index in [4.69, 9.17) is 0 Å². The average Bonchev–Trinajstić information content (AvgIpc) is 3.24. The van der Waals surface area contributed by atoms with Gasteiger partial charge in [-0.05, 0) is 127 Å². The van der Waals surface area contributed by atoms with Gasteiger partial charge in [0.05, 0.1) is 0 Å². The Bertz CT molecular complexity index is 1810. The van der Waals surface area contributed by atoms with E-state index >= 15 is 0 Å². The van der Waals surface area contributed by atoms with E-state index in [1.54, 1.807) is 0 Å². The summed E-state index contributed by atoms with van der Waals surface area (Å²) < 4.78 is 0. The molecule has 5 aromatic rings. The molecule has 2 nitrogen and oxygen atoms in total. The number of aryl methyl sites for hydroxylation is 2. The summed E-state index contributed by atoms with van der Waals surface area (Å²) in [6.45, 7) is 9.14. The Kier molecular flexibility index (Phi) is 6.94. The quantitative estimate of drug-likeness (QED) is 0.191. The molecule has 214 valence electrons. The smallest absolute Gasteiger partial charge is 0.0465 e. The Balaban J connectivity index is 1.32. The minimum absolute atomic E-state index is 0.129. The lowest BCUT2D eigenvalue weighted by molar-refractivity contribution is 0.589. The average molecular weight is 561 g/mol. The van der Waals surface area contributed by atoms with E-state index in [-0.39, 0.29) is 5.41 Å². The molecule has 5 aromatic carbocycles. The van der Waals surface area contributed by atoms with Gasteiger partial charge in [-0.25, -0.2) is 0 Å². The molecule has 0 heterocycles. The Hall–Kier alpha value is -4.56. The summed E-state index contributed by atoms with van der Waals surface area (Å²) in [5.74, 6) is 0. The molecule has 0 spiro atoms. The van der Waals surface area contributed by atoms with Crippen LogP contribution in [0, 0.1) is 13.8 Å². The summed E-state index contributed by atoms with van der Waals surface area (Å²) >= 11 is 0. The van der Waals surface area contributed by atoms with Crippen LogP contribution in [0.15, 0.2) is 127 Å². The van der Waals surface area contributed by atoms with Crippen LogP contribution in [-0.4, -0.2) is 6.04 Å². The molecule has 0 aliphatic heterocycles. The van der Waals surface area contributed by atoms with Crippen molar-refractivity contribution >= 4 is 28.4 Å². The minimum Gasteiger partial charge on any atom is -0.338 e. The predicted molar refractivity (Wildman–Crippen MR) is 184 cm³/mol. The second kappa shape index (κ2) is 10.9. The van der Waals surface area contributed by atoms with Crippen LogP contribution in [0.2, 0.25) is 0 Å². The fourth-order valence-electron chi connectivity index (χ4n) is 7.15. The first-order chi connectivity index (χ1) is 20.9. The molecule has 0 saturated carbocycles.